The number of carbonyl (C=O) groups is 2. The van der Waals surface area contributed by atoms with E-state index in [-0.39, 0.29) is 18.4 Å². The zero-order chi connectivity index (χ0) is 26.6. The minimum absolute atomic E-state index is 0.141. The van der Waals surface area contributed by atoms with Crippen molar-refractivity contribution in [3.8, 4) is 0 Å². The molecule has 3 aromatic carbocycles. The van der Waals surface area contributed by atoms with Gasteiger partial charge in [-0.15, -0.1) is 0 Å². The van der Waals surface area contributed by atoms with Crippen LogP contribution in [0.4, 0.5) is 11.4 Å². The van der Waals surface area contributed by atoms with Crippen LogP contribution < -0.4 is 9.62 Å². The standard InChI is InChI=1S/C28H31N3O5S/c1-20-8-9-21(2)26(18-20)31(37(3,34)35)19-22-10-12-23(13-11-22)27(32)29-25-7-5-4-6-24(25)28(33)30-14-16-36-17-15-30/h4-13,18H,14-17,19H2,1-3H3,(H,29,32). The molecule has 1 aliphatic rings. The lowest BCUT2D eigenvalue weighted by Gasteiger charge is -2.27. The Balaban J connectivity index is 1.50. The Morgan fingerprint density at radius 2 is 1.65 bits per heavy atom. The van der Waals surface area contributed by atoms with Gasteiger partial charge in [-0.3, -0.25) is 13.9 Å². The third-order valence-electron chi connectivity index (χ3n) is 6.28. The lowest BCUT2D eigenvalue weighted by molar-refractivity contribution is 0.0303. The SMILES string of the molecule is Cc1ccc(C)c(N(Cc2ccc(C(=O)Nc3ccccc3C(=O)N3CCOCC3)cc2)S(C)(=O)=O)c1. The molecule has 4 rings (SSSR count). The fourth-order valence-corrected chi connectivity index (χ4v) is 5.14. The third-order valence-corrected chi connectivity index (χ3v) is 7.41. The first kappa shape index (κ1) is 26.4. The molecule has 9 heteroatoms. The molecule has 0 bridgehead atoms. The Labute approximate surface area is 217 Å². The van der Waals surface area contributed by atoms with Crippen LogP contribution in [0.5, 0.6) is 0 Å². The number of ether oxygens (including phenoxy) is 1. The highest BCUT2D eigenvalue weighted by Gasteiger charge is 2.23. The van der Waals surface area contributed by atoms with E-state index >= 15 is 0 Å². The molecular weight excluding hydrogens is 490 g/mol. The maximum atomic E-state index is 13.0. The van der Waals surface area contributed by atoms with Crippen molar-refractivity contribution < 1.29 is 22.7 Å². The predicted octanol–water partition coefficient (Wildman–Crippen LogP) is 3.99. The number of morpholine rings is 1. The first-order chi connectivity index (χ1) is 17.6. The largest absolute Gasteiger partial charge is 0.378 e. The van der Waals surface area contributed by atoms with Crippen LogP contribution in [0.2, 0.25) is 0 Å². The van der Waals surface area contributed by atoms with Gasteiger partial charge < -0.3 is 15.0 Å². The van der Waals surface area contributed by atoms with Crippen molar-refractivity contribution in [1.82, 2.24) is 4.90 Å². The van der Waals surface area contributed by atoms with Gasteiger partial charge in [0.15, 0.2) is 0 Å². The Hall–Kier alpha value is -3.69. The van der Waals surface area contributed by atoms with Crippen LogP contribution in [0.1, 0.15) is 37.4 Å². The minimum Gasteiger partial charge on any atom is -0.378 e. The van der Waals surface area contributed by atoms with Crippen molar-refractivity contribution >= 4 is 33.2 Å². The van der Waals surface area contributed by atoms with Gasteiger partial charge in [0.25, 0.3) is 11.8 Å². The molecule has 0 unspecified atom stereocenters. The molecule has 1 fully saturated rings. The number of amides is 2. The number of hydrogen-bond donors (Lipinski definition) is 1. The average Bonchev–Trinajstić information content (AvgIpc) is 2.89. The molecule has 1 heterocycles. The van der Waals surface area contributed by atoms with Gasteiger partial charge in [-0.05, 0) is 60.9 Å². The molecule has 1 aliphatic heterocycles. The molecule has 2 amide bonds. The zero-order valence-electron chi connectivity index (χ0n) is 21.2. The van der Waals surface area contributed by atoms with Gasteiger partial charge in [-0.2, -0.15) is 0 Å². The van der Waals surface area contributed by atoms with E-state index in [1.54, 1.807) is 53.4 Å². The zero-order valence-corrected chi connectivity index (χ0v) is 22.0. The van der Waals surface area contributed by atoms with E-state index in [0.717, 1.165) is 16.7 Å². The molecule has 1 N–H and O–H groups in total. The van der Waals surface area contributed by atoms with Gasteiger partial charge >= 0.3 is 0 Å². The van der Waals surface area contributed by atoms with Crippen LogP contribution in [0.3, 0.4) is 0 Å². The summed E-state index contributed by atoms with van der Waals surface area (Å²) < 4.78 is 31.9. The average molecular weight is 522 g/mol. The Bertz CT molecular complexity index is 1400. The number of aryl methyl sites for hydroxylation is 2. The fraction of sp³-hybridized carbons (Fsp3) is 0.286. The van der Waals surface area contributed by atoms with Crippen molar-refractivity contribution in [3.05, 3.63) is 94.5 Å². The molecule has 0 atom stereocenters. The highest BCUT2D eigenvalue weighted by Crippen LogP contribution is 2.26. The molecule has 0 spiro atoms. The number of sulfonamides is 1. The second-order valence-electron chi connectivity index (χ2n) is 9.16. The van der Waals surface area contributed by atoms with Crippen molar-refractivity contribution in [1.29, 1.82) is 0 Å². The lowest BCUT2D eigenvalue weighted by atomic mass is 10.1. The minimum atomic E-state index is -3.53. The summed E-state index contributed by atoms with van der Waals surface area (Å²) in [6.07, 6.45) is 1.19. The third kappa shape index (κ3) is 6.36. The molecule has 0 aliphatic carbocycles. The summed E-state index contributed by atoms with van der Waals surface area (Å²) in [5, 5.41) is 2.85. The highest BCUT2D eigenvalue weighted by atomic mass is 32.2. The van der Waals surface area contributed by atoms with E-state index in [1.807, 2.05) is 32.0 Å². The van der Waals surface area contributed by atoms with Gasteiger partial charge in [0, 0.05) is 18.7 Å². The molecule has 8 nitrogen and oxygen atoms in total. The molecule has 194 valence electrons. The van der Waals surface area contributed by atoms with Crippen molar-refractivity contribution in [2.45, 2.75) is 20.4 Å². The summed E-state index contributed by atoms with van der Waals surface area (Å²) in [4.78, 5) is 27.7. The summed E-state index contributed by atoms with van der Waals surface area (Å²) >= 11 is 0. The lowest BCUT2D eigenvalue weighted by Crippen LogP contribution is -2.41. The van der Waals surface area contributed by atoms with Gasteiger partial charge in [0.2, 0.25) is 10.0 Å². The van der Waals surface area contributed by atoms with E-state index in [4.69, 9.17) is 4.74 Å². The topological polar surface area (TPSA) is 96.0 Å². The summed E-state index contributed by atoms with van der Waals surface area (Å²) in [6.45, 7) is 5.94. The molecule has 0 radical (unpaired) electrons. The van der Waals surface area contributed by atoms with Crippen LogP contribution in [0.25, 0.3) is 0 Å². The van der Waals surface area contributed by atoms with E-state index in [9.17, 15) is 18.0 Å². The monoisotopic (exact) mass is 521 g/mol. The normalized spacial score (nSPS) is 13.8. The maximum absolute atomic E-state index is 13.0. The van der Waals surface area contributed by atoms with E-state index in [2.05, 4.69) is 5.32 Å². The number of para-hydroxylation sites is 1. The van der Waals surface area contributed by atoms with Crippen LogP contribution in [0.15, 0.2) is 66.7 Å². The number of benzene rings is 3. The quantitative estimate of drug-likeness (QED) is 0.507. The van der Waals surface area contributed by atoms with Crippen molar-refractivity contribution in [2.24, 2.45) is 0 Å². The highest BCUT2D eigenvalue weighted by molar-refractivity contribution is 7.92. The fourth-order valence-electron chi connectivity index (χ4n) is 4.21. The molecule has 37 heavy (non-hydrogen) atoms. The van der Waals surface area contributed by atoms with Crippen LogP contribution >= 0.6 is 0 Å². The van der Waals surface area contributed by atoms with E-state index in [1.165, 1.54) is 10.6 Å². The number of rotatable bonds is 7. The smallest absolute Gasteiger partial charge is 0.256 e. The number of hydrogen-bond acceptors (Lipinski definition) is 5. The van der Waals surface area contributed by atoms with E-state index in [0.29, 0.717) is 48.8 Å². The summed E-state index contributed by atoms with van der Waals surface area (Å²) in [6, 6.07) is 19.4. The number of nitrogens with one attached hydrogen (secondary N) is 1. The Kier molecular flexibility index (Phi) is 7.94. The second kappa shape index (κ2) is 11.1. The molecule has 3 aromatic rings. The number of anilines is 2. The van der Waals surface area contributed by atoms with Gasteiger partial charge in [0.1, 0.15) is 0 Å². The van der Waals surface area contributed by atoms with Gasteiger partial charge in [0.05, 0.1) is 43.0 Å². The van der Waals surface area contributed by atoms with E-state index < -0.39 is 10.0 Å². The maximum Gasteiger partial charge on any atom is 0.256 e. The van der Waals surface area contributed by atoms with Crippen LogP contribution in [0, 0.1) is 13.8 Å². The molecule has 1 saturated heterocycles. The molecule has 0 aromatic heterocycles. The van der Waals surface area contributed by atoms with Crippen LogP contribution in [-0.2, 0) is 21.3 Å². The molecule has 0 saturated carbocycles. The summed E-state index contributed by atoms with van der Waals surface area (Å²) in [5.74, 6) is -0.509. The van der Waals surface area contributed by atoms with Gasteiger partial charge in [-0.25, -0.2) is 8.42 Å². The Morgan fingerprint density at radius 3 is 2.32 bits per heavy atom. The predicted molar refractivity (Wildman–Crippen MR) is 145 cm³/mol. The number of carbonyl (C=O) groups excluding carboxylic acids is 2. The van der Waals surface area contributed by atoms with Crippen molar-refractivity contribution in [2.75, 3.05) is 42.2 Å². The summed E-state index contributed by atoms with van der Waals surface area (Å²) in [7, 11) is -3.53. The van der Waals surface area contributed by atoms with Crippen LogP contribution in [-0.4, -0.2) is 57.7 Å². The number of nitrogens with zero attached hydrogens (tertiary/aromatic N) is 2. The first-order valence-corrected chi connectivity index (χ1v) is 13.9. The van der Waals surface area contributed by atoms with Crippen molar-refractivity contribution in [3.63, 3.8) is 0 Å². The summed E-state index contributed by atoms with van der Waals surface area (Å²) in [5.41, 5.74) is 4.45. The molecular formula is C28H31N3O5S. The Morgan fingerprint density at radius 1 is 0.973 bits per heavy atom. The second-order valence-corrected chi connectivity index (χ2v) is 11.1. The first-order valence-electron chi connectivity index (χ1n) is 12.0. The van der Waals surface area contributed by atoms with Gasteiger partial charge in [-0.1, -0.05) is 36.4 Å².